The molecule has 1 aliphatic rings. The zero-order valence-corrected chi connectivity index (χ0v) is 14.1. The van der Waals surface area contributed by atoms with Crippen molar-refractivity contribution >= 4 is 52.3 Å². The number of carbonyl (C=O) groups is 4. The third kappa shape index (κ3) is 2.83. The van der Waals surface area contributed by atoms with Gasteiger partial charge in [-0.05, 0) is 31.2 Å². The van der Waals surface area contributed by atoms with Crippen molar-refractivity contribution in [3.63, 3.8) is 0 Å². The van der Waals surface area contributed by atoms with Gasteiger partial charge in [-0.15, -0.1) is 11.3 Å². The van der Waals surface area contributed by atoms with Crippen molar-refractivity contribution in [1.29, 1.82) is 0 Å². The van der Waals surface area contributed by atoms with E-state index in [1.54, 1.807) is 30.3 Å². The molecule has 2 heterocycles. The molecule has 0 bridgehead atoms. The summed E-state index contributed by atoms with van der Waals surface area (Å²) in [6, 6.07) is 8.83. The SMILES string of the molecule is Cc1ccc(N2C(=O)C(=O)N(CC(=O)c3ccc(Cl)s3)C2=O)cc1. The Balaban J connectivity index is 1.84. The molecule has 4 amide bonds. The maximum absolute atomic E-state index is 12.4. The van der Waals surface area contributed by atoms with Crippen LogP contribution in [0.15, 0.2) is 36.4 Å². The fourth-order valence-electron chi connectivity index (χ4n) is 2.25. The molecule has 122 valence electrons. The Morgan fingerprint density at radius 1 is 1.04 bits per heavy atom. The van der Waals surface area contributed by atoms with Crippen molar-refractivity contribution in [2.75, 3.05) is 11.4 Å². The van der Waals surface area contributed by atoms with Crippen LogP contribution in [-0.4, -0.2) is 35.1 Å². The molecule has 0 N–H and O–H groups in total. The van der Waals surface area contributed by atoms with Crippen molar-refractivity contribution in [3.8, 4) is 0 Å². The molecule has 1 fully saturated rings. The van der Waals surface area contributed by atoms with Crippen LogP contribution in [0.25, 0.3) is 0 Å². The second kappa shape index (κ2) is 6.18. The lowest BCUT2D eigenvalue weighted by atomic mass is 10.2. The smallest absolute Gasteiger partial charge is 0.291 e. The number of amides is 4. The van der Waals surface area contributed by atoms with E-state index < -0.39 is 30.2 Å². The number of urea groups is 1. The number of anilines is 1. The van der Waals surface area contributed by atoms with Gasteiger partial charge in [-0.25, -0.2) is 14.6 Å². The maximum atomic E-state index is 12.4. The van der Waals surface area contributed by atoms with Crippen LogP contribution < -0.4 is 4.90 Å². The van der Waals surface area contributed by atoms with Crippen LogP contribution in [0.2, 0.25) is 4.34 Å². The van der Waals surface area contributed by atoms with Gasteiger partial charge in [0.15, 0.2) is 5.78 Å². The first-order valence-electron chi connectivity index (χ1n) is 6.93. The number of ketones is 1. The van der Waals surface area contributed by atoms with E-state index in [2.05, 4.69) is 0 Å². The summed E-state index contributed by atoms with van der Waals surface area (Å²) in [7, 11) is 0. The highest BCUT2D eigenvalue weighted by molar-refractivity contribution is 7.18. The molecule has 1 aliphatic heterocycles. The molecular formula is C16H11ClN2O4S. The molecule has 1 aromatic carbocycles. The molecule has 1 aromatic heterocycles. The number of halogens is 1. The standard InChI is InChI=1S/C16H11ClN2O4S/c1-9-2-4-10(5-3-9)19-15(22)14(21)18(16(19)23)8-11(20)12-6-7-13(17)24-12/h2-7H,8H2,1H3. The number of hydrogen-bond donors (Lipinski definition) is 0. The Labute approximate surface area is 146 Å². The van der Waals surface area contributed by atoms with Gasteiger partial charge in [0, 0.05) is 0 Å². The van der Waals surface area contributed by atoms with Crippen molar-refractivity contribution in [1.82, 2.24) is 4.90 Å². The Bertz CT molecular complexity index is 859. The van der Waals surface area contributed by atoms with Crippen LogP contribution in [0.5, 0.6) is 0 Å². The Hall–Kier alpha value is -2.51. The minimum atomic E-state index is -1.02. The van der Waals surface area contributed by atoms with E-state index in [-0.39, 0.29) is 5.69 Å². The van der Waals surface area contributed by atoms with Crippen LogP contribution in [0.3, 0.4) is 0 Å². The van der Waals surface area contributed by atoms with Gasteiger partial charge in [0.05, 0.1) is 21.4 Å². The van der Waals surface area contributed by atoms with E-state index >= 15 is 0 Å². The Morgan fingerprint density at radius 3 is 2.29 bits per heavy atom. The summed E-state index contributed by atoms with van der Waals surface area (Å²) in [5.74, 6) is -2.44. The first-order chi connectivity index (χ1) is 11.4. The third-order valence-corrected chi connectivity index (χ3v) is 4.77. The molecule has 0 unspecified atom stereocenters. The van der Waals surface area contributed by atoms with Gasteiger partial charge >= 0.3 is 17.8 Å². The fourth-order valence-corrected chi connectivity index (χ4v) is 3.23. The summed E-state index contributed by atoms with van der Waals surface area (Å²) in [5.41, 5.74) is 1.24. The molecule has 6 nitrogen and oxygen atoms in total. The molecule has 0 spiro atoms. The average molecular weight is 363 g/mol. The molecular weight excluding hydrogens is 352 g/mol. The highest BCUT2D eigenvalue weighted by Crippen LogP contribution is 2.25. The van der Waals surface area contributed by atoms with Crippen molar-refractivity contribution in [3.05, 3.63) is 51.2 Å². The van der Waals surface area contributed by atoms with Crippen molar-refractivity contribution < 1.29 is 19.2 Å². The molecule has 1 saturated heterocycles. The molecule has 8 heteroatoms. The zero-order chi connectivity index (χ0) is 17.4. The Morgan fingerprint density at radius 2 is 1.71 bits per heavy atom. The molecule has 0 saturated carbocycles. The normalized spacial score (nSPS) is 14.7. The highest BCUT2D eigenvalue weighted by atomic mass is 35.5. The van der Waals surface area contributed by atoms with Gasteiger partial charge < -0.3 is 0 Å². The van der Waals surface area contributed by atoms with Gasteiger partial charge in [0.1, 0.15) is 0 Å². The molecule has 0 aliphatic carbocycles. The number of Topliss-reactive ketones (excluding diaryl/α,β-unsaturated/α-hetero) is 1. The van der Waals surface area contributed by atoms with Gasteiger partial charge in [-0.2, -0.15) is 0 Å². The first kappa shape index (κ1) is 16.4. The summed E-state index contributed by atoms with van der Waals surface area (Å²) in [6.45, 7) is 1.36. The second-order valence-electron chi connectivity index (χ2n) is 5.18. The van der Waals surface area contributed by atoms with Gasteiger partial charge in [-0.3, -0.25) is 14.4 Å². The lowest BCUT2D eigenvalue weighted by molar-refractivity contribution is -0.139. The molecule has 24 heavy (non-hydrogen) atoms. The fraction of sp³-hybridized carbons (Fsp3) is 0.125. The van der Waals surface area contributed by atoms with Crippen LogP contribution in [0, 0.1) is 6.92 Å². The van der Waals surface area contributed by atoms with Gasteiger partial charge in [0.25, 0.3) is 0 Å². The lowest BCUT2D eigenvalue weighted by Crippen LogP contribution is -2.36. The second-order valence-corrected chi connectivity index (χ2v) is 6.89. The number of rotatable bonds is 4. The quantitative estimate of drug-likeness (QED) is 0.476. The molecule has 0 radical (unpaired) electrons. The minimum Gasteiger partial charge on any atom is -0.291 e. The monoisotopic (exact) mass is 362 g/mol. The number of carbonyl (C=O) groups excluding carboxylic acids is 4. The van der Waals surface area contributed by atoms with E-state index in [9.17, 15) is 19.2 Å². The largest absolute Gasteiger partial charge is 0.339 e. The predicted molar refractivity (Wildman–Crippen MR) is 89.4 cm³/mol. The molecule has 2 aromatic rings. The number of benzene rings is 1. The number of hydrogen-bond acceptors (Lipinski definition) is 5. The van der Waals surface area contributed by atoms with E-state index in [0.29, 0.717) is 14.1 Å². The number of imide groups is 2. The van der Waals surface area contributed by atoms with Gasteiger partial charge in [0.2, 0.25) is 0 Å². The Kier molecular flexibility index (Phi) is 4.21. The first-order valence-corrected chi connectivity index (χ1v) is 8.13. The summed E-state index contributed by atoms with van der Waals surface area (Å²) < 4.78 is 0.426. The summed E-state index contributed by atoms with van der Waals surface area (Å²) in [6.07, 6.45) is 0. The average Bonchev–Trinajstić information content (AvgIpc) is 3.07. The number of thiophene rings is 1. The third-order valence-electron chi connectivity index (χ3n) is 3.50. The molecule has 0 atom stereocenters. The summed E-state index contributed by atoms with van der Waals surface area (Å²) >= 11 is 6.82. The van der Waals surface area contributed by atoms with Crippen LogP contribution in [-0.2, 0) is 9.59 Å². The van der Waals surface area contributed by atoms with E-state index in [4.69, 9.17) is 11.6 Å². The van der Waals surface area contributed by atoms with Crippen LogP contribution >= 0.6 is 22.9 Å². The lowest BCUT2D eigenvalue weighted by Gasteiger charge is -2.14. The summed E-state index contributed by atoms with van der Waals surface area (Å²) in [4.78, 5) is 50.5. The summed E-state index contributed by atoms with van der Waals surface area (Å²) in [5, 5.41) is 0. The predicted octanol–water partition coefficient (Wildman–Crippen LogP) is 2.89. The minimum absolute atomic E-state index is 0.290. The number of aryl methyl sites for hydroxylation is 1. The van der Waals surface area contributed by atoms with Crippen LogP contribution in [0.1, 0.15) is 15.2 Å². The molecule has 3 rings (SSSR count). The zero-order valence-electron chi connectivity index (χ0n) is 12.5. The number of nitrogens with zero attached hydrogens (tertiary/aromatic N) is 2. The van der Waals surface area contributed by atoms with Gasteiger partial charge in [-0.1, -0.05) is 29.3 Å². The highest BCUT2D eigenvalue weighted by Gasteiger charge is 2.46. The van der Waals surface area contributed by atoms with Crippen molar-refractivity contribution in [2.45, 2.75) is 6.92 Å². The van der Waals surface area contributed by atoms with E-state index in [1.807, 2.05) is 6.92 Å². The maximum Gasteiger partial charge on any atom is 0.339 e. The van der Waals surface area contributed by atoms with Crippen molar-refractivity contribution in [2.24, 2.45) is 0 Å². The van der Waals surface area contributed by atoms with E-state index in [1.165, 1.54) is 6.07 Å². The topological polar surface area (TPSA) is 74.8 Å². The van der Waals surface area contributed by atoms with E-state index in [0.717, 1.165) is 21.8 Å². The van der Waals surface area contributed by atoms with Crippen LogP contribution in [0.4, 0.5) is 10.5 Å².